The van der Waals surface area contributed by atoms with Crippen molar-refractivity contribution in [3.8, 4) is 0 Å². The smallest absolute Gasteiger partial charge is 0.242 e. The summed E-state index contributed by atoms with van der Waals surface area (Å²) >= 11 is 0. The molecule has 0 saturated heterocycles. The van der Waals surface area contributed by atoms with Crippen molar-refractivity contribution >= 4 is 11.7 Å². The SMILES string of the molecule is CCN(CC)C(=O)Cn1ccc(C(C)=O)c1C. The van der Waals surface area contributed by atoms with E-state index in [-0.39, 0.29) is 11.7 Å². The van der Waals surface area contributed by atoms with Crippen LogP contribution in [0.25, 0.3) is 0 Å². The Kier molecular flexibility index (Phi) is 4.49. The van der Waals surface area contributed by atoms with Crippen molar-refractivity contribution in [3.05, 3.63) is 23.5 Å². The molecule has 0 atom stereocenters. The van der Waals surface area contributed by atoms with Crippen molar-refractivity contribution in [3.63, 3.8) is 0 Å². The van der Waals surface area contributed by atoms with Gasteiger partial charge in [0.25, 0.3) is 0 Å². The van der Waals surface area contributed by atoms with Crippen LogP contribution in [0.1, 0.15) is 36.8 Å². The maximum Gasteiger partial charge on any atom is 0.242 e. The van der Waals surface area contributed by atoms with Crippen LogP contribution >= 0.6 is 0 Å². The maximum absolute atomic E-state index is 11.9. The summed E-state index contributed by atoms with van der Waals surface area (Å²) in [6.45, 7) is 9.08. The van der Waals surface area contributed by atoms with Crippen molar-refractivity contribution in [1.29, 1.82) is 0 Å². The molecule has 1 aromatic heterocycles. The van der Waals surface area contributed by atoms with Gasteiger partial charge in [-0.05, 0) is 33.8 Å². The number of carbonyl (C=O) groups excluding carboxylic acids is 2. The molecule has 17 heavy (non-hydrogen) atoms. The standard InChI is InChI=1S/C13H20N2O2/c1-5-14(6-2)13(17)9-15-8-7-12(10(15)3)11(4)16/h7-8H,5-6,9H2,1-4H3. The largest absolute Gasteiger partial charge is 0.342 e. The number of aromatic nitrogens is 1. The van der Waals surface area contributed by atoms with E-state index in [9.17, 15) is 9.59 Å². The van der Waals surface area contributed by atoms with E-state index in [1.807, 2.05) is 25.3 Å². The van der Waals surface area contributed by atoms with Crippen molar-refractivity contribution in [2.24, 2.45) is 0 Å². The minimum Gasteiger partial charge on any atom is -0.342 e. The number of Topliss-reactive ketones (excluding diaryl/α,β-unsaturated/α-hetero) is 1. The van der Waals surface area contributed by atoms with Crippen molar-refractivity contribution in [2.45, 2.75) is 34.2 Å². The van der Waals surface area contributed by atoms with E-state index in [4.69, 9.17) is 0 Å². The van der Waals surface area contributed by atoms with Gasteiger partial charge < -0.3 is 9.47 Å². The fourth-order valence-electron chi connectivity index (χ4n) is 1.92. The Balaban J connectivity index is 2.82. The summed E-state index contributed by atoms with van der Waals surface area (Å²) in [6.07, 6.45) is 1.80. The molecule has 0 N–H and O–H groups in total. The monoisotopic (exact) mass is 236 g/mol. The normalized spacial score (nSPS) is 10.4. The second-order valence-electron chi connectivity index (χ2n) is 4.06. The molecule has 0 bridgehead atoms. The van der Waals surface area contributed by atoms with Gasteiger partial charge in [-0.25, -0.2) is 0 Å². The first-order valence-electron chi connectivity index (χ1n) is 5.95. The van der Waals surface area contributed by atoms with Crippen molar-refractivity contribution in [1.82, 2.24) is 9.47 Å². The molecule has 94 valence electrons. The Morgan fingerprint density at radius 2 is 1.88 bits per heavy atom. The number of ketones is 1. The summed E-state index contributed by atoms with van der Waals surface area (Å²) in [5.74, 6) is 0.125. The van der Waals surface area contributed by atoms with Gasteiger partial charge in [0.05, 0.1) is 0 Å². The lowest BCUT2D eigenvalue weighted by atomic mass is 10.2. The molecular formula is C13H20N2O2. The maximum atomic E-state index is 11.9. The highest BCUT2D eigenvalue weighted by Gasteiger charge is 2.14. The average molecular weight is 236 g/mol. The summed E-state index contributed by atoms with van der Waals surface area (Å²) in [5.41, 5.74) is 1.55. The minimum atomic E-state index is 0.0385. The fraction of sp³-hybridized carbons (Fsp3) is 0.538. The van der Waals surface area contributed by atoms with E-state index in [2.05, 4.69) is 0 Å². The predicted octanol–water partition coefficient (Wildman–Crippen LogP) is 1.87. The molecular weight excluding hydrogens is 216 g/mol. The van der Waals surface area contributed by atoms with Crippen LogP contribution in [-0.2, 0) is 11.3 Å². The van der Waals surface area contributed by atoms with E-state index in [0.717, 1.165) is 18.8 Å². The van der Waals surface area contributed by atoms with Gasteiger partial charge in [0.1, 0.15) is 6.54 Å². The highest BCUT2D eigenvalue weighted by molar-refractivity contribution is 5.95. The molecule has 0 radical (unpaired) electrons. The summed E-state index contributed by atoms with van der Waals surface area (Å²) in [6, 6.07) is 1.77. The molecule has 0 spiro atoms. The number of rotatable bonds is 5. The molecule has 0 fully saturated rings. The lowest BCUT2D eigenvalue weighted by Crippen LogP contribution is -2.33. The molecule has 4 heteroatoms. The number of nitrogens with zero attached hydrogens (tertiary/aromatic N) is 2. The minimum absolute atomic E-state index is 0.0385. The van der Waals surface area contributed by atoms with Gasteiger partial charge in [-0.3, -0.25) is 9.59 Å². The van der Waals surface area contributed by atoms with Crippen LogP contribution in [0.4, 0.5) is 0 Å². The Hall–Kier alpha value is -1.58. The van der Waals surface area contributed by atoms with E-state index in [1.165, 1.54) is 0 Å². The number of hydrogen-bond acceptors (Lipinski definition) is 2. The van der Waals surface area contributed by atoms with Crippen LogP contribution in [0.15, 0.2) is 12.3 Å². The van der Waals surface area contributed by atoms with Crippen LogP contribution in [0.5, 0.6) is 0 Å². The van der Waals surface area contributed by atoms with Crippen LogP contribution in [0.2, 0.25) is 0 Å². The average Bonchev–Trinajstić information content (AvgIpc) is 2.62. The quantitative estimate of drug-likeness (QED) is 0.732. The van der Waals surface area contributed by atoms with Crippen molar-refractivity contribution < 1.29 is 9.59 Å². The van der Waals surface area contributed by atoms with Crippen LogP contribution in [0, 0.1) is 6.92 Å². The molecule has 0 unspecified atom stereocenters. The summed E-state index contributed by atoms with van der Waals surface area (Å²) in [7, 11) is 0. The Morgan fingerprint density at radius 3 is 2.29 bits per heavy atom. The van der Waals surface area contributed by atoms with Gasteiger partial charge in [-0.2, -0.15) is 0 Å². The molecule has 0 aliphatic rings. The topological polar surface area (TPSA) is 42.3 Å². The van der Waals surface area contributed by atoms with Gasteiger partial charge in [0, 0.05) is 30.5 Å². The molecule has 0 aliphatic heterocycles. The van der Waals surface area contributed by atoms with E-state index in [1.54, 1.807) is 24.1 Å². The van der Waals surface area contributed by atoms with Crippen molar-refractivity contribution in [2.75, 3.05) is 13.1 Å². The molecule has 0 aromatic carbocycles. The third kappa shape index (κ3) is 2.96. The zero-order valence-corrected chi connectivity index (χ0v) is 11.0. The lowest BCUT2D eigenvalue weighted by Gasteiger charge is -2.19. The van der Waals surface area contributed by atoms with Gasteiger partial charge in [0.15, 0.2) is 5.78 Å². The zero-order valence-electron chi connectivity index (χ0n) is 11.0. The molecule has 0 saturated carbocycles. The highest BCUT2D eigenvalue weighted by Crippen LogP contribution is 2.11. The van der Waals surface area contributed by atoms with Gasteiger partial charge in [-0.1, -0.05) is 0 Å². The molecule has 1 rings (SSSR count). The third-order valence-corrected chi connectivity index (χ3v) is 3.04. The third-order valence-electron chi connectivity index (χ3n) is 3.04. The van der Waals surface area contributed by atoms with Crippen LogP contribution in [-0.4, -0.2) is 34.2 Å². The Labute approximate surface area is 102 Å². The lowest BCUT2D eigenvalue weighted by molar-refractivity contribution is -0.131. The fourth-order valence-corrected chi connectivity index (χ4v) is 1.92. The molecule has 1 heterocycles. The van der Waals surface area contributed by atoms with E-state index < -0.39 is 0 Å². The van der Waals surface area contributed by atoms with Crippen LogP contribution in [0.3, 0.4) is 0 Å². The Bertz CT molecular complexity index is 417. The summed E-state index contributed by atoms with van der Waals surface area (Å²) in [5, 5.41) is 0. The molecule has 4 nitrogen and oxygen atoms in total. The van der Waals surface area contributed by atoms with Gasteiger partial charge in [-0.15, -0.1) is 0 Å². The number of amides is 1. The first kappa shape index (κ1) is 13.5. The van der Waals surface area contributed by atoms with E-state index in [0.29, 0.717) is 12.1 Å². The summed E-state index contributed by atoms with van der Waals surface area (Å²) in [4.78, 5) is 25.0. The van der Waals surface area contributed by atoms with Gasteiger partial charge >= 0.3 is 0 Å². The number of likely N-dealkylation sites (N-methyl/N-ethyl adjacent to an activating group) is 1. The first-order valence-corrected chi connectivity index (χ1v) is 5.95. The number of hydrogen-bond donors (Lipinski definition) is 0. The predicted molar refractivity (Wildman–Crippen MR) is 67.1 cm³/mol. The number of carbonyl (C=O) groups is 2. The Morgan fingerprint density at radius 1 is 1.29 bits per heavy atom. The zero-order chi connectivity index (χ0) is 13.0. The van der Waals surface area contributed by atoms with Gasteiger partial charge in [0.2, 0.25) is 5.91 Å². The molecule has 1 aromatic rings. The summed E-state index contributed by atoms with van der Waals surface area (Å²) < 4.78 is 1.83. The molecule has 1 amide bonds. The van der Waals surface area contributed by atoms with E-state index >= 15 is 0 Å². The second kappa shape index (κ2) is 5.66. The van der Waals surface area contributed by atoms with Crippen LogP contribution < -0.4 is 0 Å². The molecule has 0 aliphatic carbocycles. The second-order valence-corrected chi connectivity index (χ2v) is 4.06. The first-order chi connectivity index (χ1) is 8.01. The highest BCUT2D eigenvalue weighted by atomic mass is 16.2.